The molecule has 1 aliphatic heterocycles. The van der Waals surface area contributed by atoms with Crippen molar-refractivity contribution in [1.82, 2.24) is 4.90 Å². The number of fused-ring (bicyclic) bond motifs is 4. The predicted molar refractivity (Wildman–Crippen MR) is 164 cm³/mol. The van der Waals surface area contributed by atoms with Gasteiger partial charge in [-0.15, -0.1) is 0 Å². The first-order valence-corrected chi connectivity index (χ1v) is 15.2. The maximum atomic E-state index is 14.9. The van der Waals surface area contributed by atoms with Crippen LogP contribution in [-0.2, 0) is 29.4 Å². The van der Waals surface area contributed by atoms with Crippen LogP contribution in [0.2, 0.25) is 0 Å². The molecule has 3 aliphatic carbocycles. The van der Waals surface area contributed by atoms with Crippen molar-refractivity contribution in [2.45, 2.75) is 30.6 Å². The molecule has 1 saturated carbocycles. The number of amides is 2. The Kier molecular flexibility index (Phi) is 6.88. The SMILES string of the molecule is O=C(O)CCN1C(=O)C2CC=C3C(CC4C(=O)C(c5ccccc5)=CC(=O)C4(c4ccccc4)C3c3cccc(O)c3)C2C1=O. The Hall–Kier alpha value is -5.11. The number of benzene rings is 3. The number of phenols is 1. The number of hydrogen-bond donors (Lipinski definition) is 2. The van der Waals surface area contributed by atoms with E-state index in [-0.39, 0.29) is 43.1 Å². The number of aromatic hydroxyl groups is 1. The molecule has 2 N–H and O–H groups in total. The van der Waals surface area contributed by atoms with Gasteiger partial charge < -0.3 is 10.2 Å². The van der Waals surface area contributed by atoms with E-state index in [4.69, 9.17) is 0 Å². The number of ketones is 2. The van der Waals surface area contributed by atoms with Crippen molar-refractivity contribution in [3.63, 3.8) is 0 Å². The number of Topliss-reactive ketones (excluding diaryl/α,β-unsaturated/α-hetero) is 1. The van der Waals surface area contributed by atoms with E-state index in [9.17, 15) is 34.2 Å². The molecular weight excluding hydrogens is 570 g/mol. The van der Waals surface area contributed by atoms with Gasteiger partial charge in [-0.25, -0.2) is 0 Å². The van der Waals surface area contributed by atoms with Crippen LogP contribution in [0, 0.1) is 23.7 Å². The zero-order valence-corrected chi connectivity index (χ0v) is 24.3. The van der Waals surface area contributed by atoms with Crippen LogP contribution in [0.4, 0.5) is 0 Å². The molecular formula is C37H31NO7. The Bertz CT molecular complexity index is 1810. The summed E-state index contributed by atoms with van der Waals surface area (Å²) in [5.41, 5.74) is 1.67. The van der Waals surface area contributed by atoms with Crippen molar-refractivity contribution in [2.24, 2.45) is 23.7 Å². The van der Waals surface area contributed by atoms with E-state index in [1.165, 1.54) is 6.08 Å². The van der Waals surface area contributed by atoms with Gasteiger partial charge in [-0.05, 0) is 53.7 Å². The second-order valence-electron chi connectivity index (χ2n) is 12.4. The lowest BCUT2D eigenvalue weighted by Crippen LogP contribution is -2.58. The van der Waals surface area contributed by atoms with Crippen LogP contribution in [-0.4, -0.2) is 51.0 Å². The van der Waals surface area contributed by atoms with Crippen LogP contribution in [0.25, 0.3) is 5.57 Å². The maximum absolute atomic E-state index is 14.9. The largest absolute Gasteiger partial charge is 0.508 e. The Morgan fingerprint density at radius 2 is 1.58 bits per heavy atom. The maximum Gasteiger partial charge on any atom is 0.305 e. The molecule has 3 aromatic carbocycles. The monoisotopic (exact) mass is 601 g/mol. The second kappa shape index (κ2) is 10.8. The Balaban J connectivity index is 1.46. The van der Waals surface area contributed by atoms with E-state index in [0.29, 0.717) is 22.3 Å². The normalized spacial score (nSPS) is 29.0. The van der Waals surface area contributed by atoms with Crippen molar-refractivity contribution in [3.05, 3.63) is 119 Å². The number of imide groups is 1. The fourth-order valence-electron chi connectivity index (χ4n) is 8.45. The molecule has 2 fully saturated rings. The molecule has 1 saturated heterocycles. The summed E-state index contributed by atoms with van der Waals surface area (Å²) in [6.45, 7) is -0.215. The van der Waals surface area contributed by atoms with Crippen molar-refractivity contribution in [2.75, 3.05) is 6.54 Å². The molecule has 0 bridgehead atoms. The van der Waals surface area contributed by atoms with Gasteiger partial charge in [0.15, 0.2) is 11.6 Å². The first-order valence-electron chi connectivity index (χ1n) is 15.2. The highest BCUT2D eigenvalue weighted by molar-refractivity contribution is 6.31. The zero-order valence-electron chi connectivity index (χ0n) is 24.3. The van der Waals surface area contributed by atoms with Crippen LogP contribution in [0.5, 0.6) is 5.75 Å². The summed E-state index contributed by atoms with van der Waals surface area (Å²) >= 11 is 0. The predicted octanol–water partition coefficient (Wildman–Crippen LogP) is 4.69. The molecule has 0 spiro atoms. The number of allylic oxidation sites excluding steroid dienone is 4. The fourth-order valence-corrected chi connectivity index (χ4v) is 8.45. The van der Waals surface area contributed by atoms with Gasteiger partial charge in [0.25, 0.3) is 0 Å². The highest BCUT2D eigenvalue weighted by Gasteiger charge is 2.65. The lowest BCUT2D eigenvalue weighted by molar-refractivity contribution is -0.142. The number of rotatable bonds is 6. The molecule has 8 heteroatoms. The van der Waals surface area contributed by atoms with Gasteiger partial charge in [0.05, 0.1) is 23.7 Å². The Morgan fingerprint density at radius 3 is 2.27 bits per heavy atom. The van der Waals surface area contributed by atoms with E-state index in [2.05, 4.69) is 0 Å². The number of carbonyl (C=O) groups excluding carboxylic acids is 4. The molecule has 6 unspecified atom stereocenters. The number of likely N-dealkylation sites (tertiary alicyclic amines) is 1. The molecule has 8 nitrogen and oxygen atoms in total. The Morgan fingerprint density at radius 1 is 0.867 bits per heavy atom. The van der Waals surface area contributed by atoms with Crippen molar-refractivity contribution in [1.29, 1.82) is 0 Å². The van der Waals surface area contributed by atoms with Gasteiger partial charge in [-0.1, -0.05) is 84.4 Å². The summed E-state index contributed by atoms with van der Waals surface area (Å²) in [7, 11) is 0. The van der Waals surface area contributed by atoms with E-state index in [1.54, 1.807) is 30.3 Å². The molecule has 4 aliphatic rings. The molecule has 45 heavy (non-hydrogen) atoms. The minimum atomic E-state index is -1.37. The first kappa shape index (κ1) is 28.6. The quantitative estimate of drug-likeness (QED) is 0.310. The van der Waals surface area contributed by atoms with Gasteiger partial charge in [0, 0.05) is 24.0 Å². The molecule has 0 aromatic heterocycles. The first-order chi connectivity index (χ1) is 21.7. The van der Waals surface area contributed by atoms with E-state index >= 15 is 0 Å². The van der Waals surface area contributed by atoms with Gasteiger partial charge >= 0.3 is 5.97 Å². The average molecular weight is 602 g/mol. The van der Waals surface area contributed by atoms with Crippen LogP contribution in [0.3, 0.4) is 0 Å². The van der Waals surface area contributed by atoms with Crippen LogP contribution < -0.4 is 0 Å². The summed E-state index contributed by atoms with van der Waals surface area (Å²) in [6.07, 6.45) is 3.47. The molecule has 0 radical (unpaired) electrons. The minimum absolute atomic E-state index is 0.00531. The Labute approximate surface area is 259 Å². The van der Waals surface area contributed by atoms with Crippen molar-refractivity contribution >= 4 is 34.9 Å². The van der Waals surface area contributed by atoms with Crippen molar-refractivity contribution in [3.8, 4) is 5.75 Å². The number of phenolic OH excluding ortho intramolecular Hbond substituents is 1. The summed E-state index contributed by atoms with van der Waals surface area (Å²) < 4.78 is 0. The van der Waals surface area contributed by atoms with E-state index < -0.39 is 52.8 Å². The molecule has 1 heterocycles. The molecule has 7 rings (SSSR count). The number of carboxylic acid groups (broad SMARTS) is 1. The van der Waals surface area contributed by atoms with E-state index in [0.717, 1.165) is 10.5 Å². The average Bonchev–Trinajstić information content (AvgIpc) is 3.29. The summed E-state index contributed by atoms with van der Waals surface area (Å²) in [5, 5.41) is 19.9. The van der Waals surface area contributed by atoms with Crippen LogP contribution in [0.15, 0.2) is 103 Å². The third-order valence-electron chi connectivity index (χ3n) is 10.2. The van der Waals surface area contributed by atoms with Crippen molar-refractivity contribution < 1.29 is 34.2 Å². The van der Waals surface area contributed by atoms with Gasteiger partial charge in [-0.2, -0.15) is 0 Å². The smallest absolute Gasteiger partial charge is 0.305 e. The summed E-state index contributed by atoms with van der Waals surface area (Å²) in [6, 6.07) is 25.0. The van der Waals surface area contributed by atoms with Gasteiger partial charge in [0.2, 0.25) is 11.8 Å². The lowest BCUT2D eigenvalue weighted by Gasteiger charge is -2.55. The zero-order chi connectivity index (χ0) is 31.5. The van der Waals surface area contributed by atoms with Crippen LogP contribution in [0.1, 0.15) is 41.9 Å². The second-order valence-corrected chi connectivity index (χ2v) is 12.4. The summed E-state index contributed by atoms with van der Waals surface area (Å²) in [5.74, 6) is -5.97. The van der Waals surface area contributed by atoms with E-state index in [1.807, 2.05) is 60.7 Å². The fraction of sp³-hybridized carbons (Fsp3) is 0.270. The lowest BCUT2D eigenvalue weighted by atomic mass is 9.44. The van der Waals surface area contributed by atoms with Crippen LogP contribution >= 0.6 is 0 Å². The number of carbonyl (C=O) groups is 5. The molecule has 226 valence electrons. The standard InChI is InChI=1S/C37H31NO7/c39-24-13-7-10-22(18-24)33-25-14-15-26-32(36(45)38(35(26)44)17-16-31(41)42)28(25)19-29-34(43)27(21-8-3-1-4-9-21)20-30(40)37(29,33)23-11-5-2-6-12-23/h1-14,18,20,26,28-29,32-33,39H,15-17,19H2,(H,41,42). The van der Waals surface area contributed by atoms with Gasteiger partial charge in [-0.3, -0.25) is 28.9 Å². The number of nitrogens with zero attached hydrogens (tertiary/aromatic N) is 1. The minimum Gasteiger partial charge on any atom is -0.508 e. The molecule has 3 aromatic rings. The number of hydrogen-bond acceptors (Lipinski definition) is 6. The highest BCUT2D eigenvalue weighted by Crippen LogP contribution is 2.63. The molecule has 6 atom stereocenters. The summed E-state index contributed by atoms with van der Waals surface area (Å²) in [4.78, 5) is 69.4. The highest BCUT2D eigenvalue weighted by atomic mass is 16.4. The topological polar surface area (TPSA) is 129 Å². The number of aliphatic carboxylic acids is 1. The third kappa shape index (κ3) is 4.30. The third-order valence-corrected chi connectivity index (χ3v) is 10.2. The van der Waals surface area contributed by atoms with Gasteiger partial charge in [0.1, 0.15) is 5.75 Å². The molecule has 2 amide bonds. The number of carboxylic acids is 1.